The van der Waals surface area contributed by atoms with Gasteiger partial charge in [-0.15, -0.1) is 6.58 Å². The molecule has 1 fully saturated rings. The Morgan fingerprint density at radius 2 is 2.60 bits per heavy atom. The van der Waals surface area contributed by atoms with E-state index in [9.17, 15) is 0 Å². The average molecular weight is 158 g/mol. The summed E-state index contributed by atoms with van der Waals surface area (Å²) < 4.78 is 0. The Morgan fingerprint density at radius 3 is 3.10 bits per heavy atom. The van der Waals surface area contributed by atoms with E-state index in [1.54, 1.807) is 0 Å². The molecule has 10 heavy (non-hydrogen) atoms. The zero-order valence-electron chi connectivity index (χ0n) is 6.05. The van der Waals surface area contributed by atoms with Crippen LogP contribution in [0.5, 0.6) is 0 Å². The van der Waals surface area contributed by atoms with Gasteiger partial charge in [-0.05, 0) is 0 Å². The lowest BCUT2D eigenvalue weighted by Gasteiger charge is -2.25. The van der Waals surface area contributed by atoms with Crippen molar-refractivity contribution in [2.24, 2.45) is 5.73 Å². The van der Waals surface area contributed by atoms with Crippen molar-refractivity contribution < 1.29 is 0 Å². The molecule has 2 atom stereocenters. The maximum atomic E-state index is 5.77. The van der Waals surface area contributed by atoms with Crippen LogP contribution in [0.15, 0.2) is 12.7 Å². The summed E-state index contributed by atoms with van der Waals surface area (Å²) in [5, 5.41) is 3.84. The Kier molecular flexibility index (Phi) is 3.25. The van der Waals surface area contributed by atoms with Gasteiger partial charge in [0.15, 0.2) is 0 Å². The molecule has 0 aromatic carbocycles. The molecule has 3 N–H and O–H groups in total. The van der Waals surface area contributed by atoms with E-state index in [2.05, 4.69) is 11.9 Å². The summed E-state index contributed by atoms with van der Waals surface area (Å²) in [5.41, 5.74) is 5.77. The van der Waals surface area contributed by atoms with Crippen LogP contribution in [0.25, 0.3) is 0 Å². The molecule has 1 aliphatic heterocycles. The smallest absolute Gasteiger partial charge is 0.0359 e. The molecule has 0 aliphatic carbocycles. The normalized spacial score (nSPS) is 29.5. The molecule has 1 aliphatic rings. The van der Waals surface area contributed by atoms with E-state index < -0.39 is 0 Å². The van der Waals surface area contributed by atoms with E-state index in [1.807, 2.05) is 17.8 Å². The van der Waals surface area contributed by atoms with E-state index in [1.165, 1.54) is 5.75 Å². The summed E-state index contributed by atoms with van der Waals surface area (Å²) >= 11 is 1.94. The lowest BCUT2D eigenvalue weighted by atomic mass is 10.2. The minimum Gasteiger partial charge on any atom is -0.323 e. The third-order valence-corrected chi connectivity index (χ3v) is 3.01. The van der Waals surface area contributed by atoms with Crippen LogP contribution in [0.1, 0.15) is 0 Å². The van der Waals surface area contributed by atoms with E-state index in [4.69, 9.17) is 5.73 Å². The van der Waals surface area contributed by atoms with Crippen LogP contribution in [0.2, 0.25) is 0 Å². The number of hydrogen-bond acceptors (Lipinski definition) is 3. The molecule has 1 rings (SSSR count). The van der Waals surface area contributed by atoms with Gasteiger partial charge in [0, 0.05) is 30.1 Å². The Morgan fingerprint density at radius 1 is 1.80 bits per heavy atom. The summed E-state index contributed by atoms with van der Waals surface area (Å²) in [7, 11) is 0. The molecular weight excluding hydrogens is 144 g/mol. The van der Waals surface area contributed by atoms with E-state index >= 15 is 0 Å². The van der Waals surface area contributed by atoms with Crippen LogP contribution < -0.4 is 11.1 Å². The minimum atomic E-state index is 0.151. The molecule has 0 bridgehead atoms. The van der Waals surface area contributed by atoms with E-state index in [-0.39, 0.29) is 6.04 Å². The number of hydrogen-bond donors (Lipinski definition) is 2. The monoisotopic (exact) mass is 158 g/mol. The Hall–Kier alpha value is 0.0100. The maximum absolute atomic E-state index is 5.77. The van der Waals surface area contributed by atoms with E-state index in [0.29, 0.717) is 5.25 Å². The fraction of sp³-hybridized carbons (Fsp3) is 0.714. The van der Waals surface area contributed by atoms with Gasteiger partial charge in [-0.1, -0.05) is 6.08 Å². The first kappa shape index (κ1) is 8.11. The van der Waals surface area contributed by atoms with Crippen molar-refractivity contribution in [1.29, 1.82) is 0 Å². The molecule has 2 nitrogen and oxygen atoms in total. The molecule has 0 saturated carbocycles. The fourth-order valence-electron chi connectivity index (χ4n) is 0.985. The van der Waals surface area contributed by atoms with Gasteiger partial charge in [0.1, 0.15) is 0 Å². The predicted octanol–water partition coefficient (Wildman–Crippen LogP) is 0.205. The van der Waals surface area contributed by atoms with Crippen molar-refractivity contribution in [2.75, 3.05) is 18.8 Å². The first-order valence-electron chi connectivity index (χ1n) is 3.55. The molecule has 58 valence electrons. The topological polar surface area (TPSA) is 38.0 Å². The van der Waals surface area contributed by atoms with Gasteiger partial charge >= 0.3 is 0 Å². The Labute approximate surface area is 66.2 Å². The highest BCUT2D eigenvalue weighted by atomic mass is 32.2. The number of nitrogens with two attached hydrogens (primary N) is 1. The van der Waals surface area contributed by atoms with Gasteiger partial charge < -0.3 is 11.1 Å². The van der Waals surface area contributed by atoms with Crippen molar-refractivity contribution in [3.8, 4) is 0 Å². The van der Waals surface area contributed by atoms with Gasteiger partial charge in [-0.2, -0.15) is 11.8 Å². The lowest BCUT2D eigenvalue weighted by Crippen LogP contribution is -2.42. The molecule has 0 spiro atoms. The van der Waals surface area contributed by atoms with Crippen molar-refractivity contribution in [2.45, 2.75) is 11.3 Å². The van der Waals surface area contributed by atoms with Crippen LogP contribution >= 0.6 is 11.8 Å². The zero-order chi connectivity index (χ0) is 7.40. The van der Waals surface area contributed by atoms with Crippen LogP contribution in [0, 0.1) is 0 Å². The standard InChI is InChI=1S/C7H14N2S/c1-2-6(8)7-5-9-3-4-10-7/h2,6-7,9H,1,3-5,8H2. The fourth-order valence-corrected chi connectivity index (χ4v) is 2.12. The maximum Gasteiger partial charge on any atom is 0.0359 e. The molecule has 0 amide bonds. The summed E-state index contributed by atoms with van der Waals surface area (Å²) in [4.78, 5) is 0. The highest BCUT2D eigenvalue weighted by Gasteiger charge is 2.17. The van der Waals surface area contributed by atoms with Crippen molar-refractivity contribution in [3.63, 3.8) is 0 Å². The molecule has 1 heterocycles. The number of nitrogens with one attached hydrogen (secondary N) is 1. The molecule has 2 unspecified atom stereocenters. The van der Waals surface area contributed by atoms with Crippen LogP contribution in [0.3, 0.4) is 0 Å². The van der Waals surface area contributed by atoms with Crippen molar-refractivity contribution in [1.82, 2.24) is 5.32 Å². The summed E-state index contributed by atoms with van der Waals surface area (Å²) in [6.45, 7) is 5.81. The third kappa shape index (κ3) is 2.01. The largest absolute Gasteiger partial charge is 0.323 e. The summed E-state index contributed by atoms with van der Waals surface area (Å²) in [6.07, 6.45) is 1.82. The molecular formula is C7H14N2S. The predicted molar refractivity (Wildman–Crippen MR) is 47.3 cm³/mol. The molecule has 0 aromatic heterocycles. The van der Waals surface area contributed by atoms with Gasteiger partial charge in [0.2, 0.25) is 0 Å². The summed E-state index contributed by atoms with van der Waals surface area (Å²) in [5.74, 6) is 1.17. The van der Waals surface area contributed by atoms with Gasteiger partial charge in [-0.25, -0.2) is 0 Å². The second-order valence-corrected chi connectivity index (χ2v) is 3.77. The second kappa shape index (κ2) is 4.01. The van der Waals surface area contributed by atoms with Crippen molar-refractivity contribution in [3.05, 3.63) is 12.7 Å². The van der Waals surface area contributed by atoms with Crippen molar-refractivity contribution >= 4 is 11.8 Å². The molecule has 3 heteroatoms. The SMILES string of the molecule is C=CC(N)C1CNCCS1. The van der Waals surface area contributed by atoms with Crippen LogP contribution in [-0.2, 0) is 0 Å². The minimum absolute atomic E-state index is 0.151. The van der Waals surface area contributed by atoms with E-state index in [0.717, 1.165) is 13.1 Å². The van der Waals surface area contributed by atoms with Crippen LogP contribution in [-0.4, -0.2) is 30.1 Å². The zero-order valence-corrected chi connectivity index (χ0v) is 6.86. The number of thioether (sulfide) groups is 1. The quantitative estimate of drug-likeness (QED) is 0.564. The van der Waals surface area contributed by atoms with Gasteiger partial charge in [0.05, 0.1) is 0 Å². The van der Waals surface area contributed by atoms with Gasteiger partial charge in [0.25, 0.3) is 0 Å². The van der Waals surface area contributed by atoms with Crippen LogP contribution in [0.4, 0.5) is 0 Å². The average Bonchev–Trinajstić information content (AvgIpc) is 2.05. The van der Waals surface area contributed by atoms with Gasteiger partial charge in [-0.3, -0.25) is 0 Å². The Balaban J connectivity index is 2.30. The molecule has 0 aromatic rings. The molecule has 0 radical (unpaired) electrons. The summed E-state index contributed by atoms with van der Waals surface area (Å²) in [6, 6.07) is 0.151. The number of rotatable bonds is 2. The lowest BCUT2D eigenvalue weighted by molar-refractivity contribution is 0.630. The Bertz CT molecular complexity index is 110. The highest BCUT2D eigenvalue weighted by molar-refractivity contribution is 8.00. The first-order chi connectivity index (χ1) is 4.84. The highest BCUT2D eigenvalue weighted by Crippen LogP contribution is 2.15. The second-order valence-electron chi connectivity index (χ2n) is 2.43. The first-order valence-corrected chi connectivity index (χ1v) is 4.60. The third-order valence-electron chi connectivity index (χ3n) is 1.66. The molecule has 1 saturated heterocycles.